The molecule has 3 N–H and O–H groups in total. The predicted molar refractivity (Wildman–Crippen MR) is 227 cm³/mol. The molecule has 0 fully saturated rings. The van der Waals surface area contributed by atoms with Crippen molar-refractivity contribution < 1.29 is 24.5 Å². The number of allylic oxidation sites excluding steroid dienone is 2. The molecule has 0 spiro atoms. The zero-order valence-corrected chi connectivity index (χ0v) is 35.5. The molecule has 1 amide bonds. The van der Waals surface area contributed by atoms with Crippen LogP contribution in [0.1, 0.15) is 251 Å². The van der Waals surface area contributed by atoms with Crippen LogP contribution in [0.2, 0.25) is 0 Å². The quantitative estimate of drug-likeness (QED) is 0.0328. The molecule has 0 aromatic heterocycles. The van der Waals surface area contributed by atoms with Crippen molar-refractivity contribution in [3.05, 3.63) is 12.2 Å². The zero-order valence-electron chi connectivity index (χ0n) is 35.5. The smallest absolute Gasteiger partial charge is 0.305 e. The minimum absolute atomic E-state index is 0.0145. The summed E-state index contributed by atoms with van der Waals surface area (Å²) >= 11 is 0. The maximum atomic E-state index is 12.4. The first-order chi connectivity index (χ1) is 26.0. The molecule has 0 saturated carbocycles. The number of aliphatic hydroxyl groups is 2. The van der Waals surface area contributed by atoms with Crippen LogP contribution in [-0.4, -0.2) is 47.4 Å². The van der Waals surface area contributed by atoms with Crippen LogP contribution < -0.4 is 5.32 Å². The molecule has 0 bridgehead atoms. The second-order valence-electron chi connectivity index (χ2n) is 16.1. The minimum atomic E-state index is -0.669. The number of unbranched alkanes of at least 4 members (excludes halogenated alkanes) is 30. The molecule has 0 aliphatic heterocycles. The first-order valence-electron chi connectivity index (χ1n) is 23.4. The number of hydrogen-bond donors (Lipinski definition) is 3. The Morgan fingerprint density at radius 2 is 0.887 bits per heavy atom. The SMILES string of the molecule is CCCCCCC/C=C\CCCCCCCC(=O)OCCCCCCCCCCCCCCCC(=O)NC(CO)C(O)CCCCCCCCCCC. The lowest BCUT2D eigenvalue weighted by Gasteiger charge is -2.22. The average molecular weight is 750 g/mol. The first-order valence-corrected chi connectivity index (χ1v) is 23.4. The summed E-state index contributed by atoms with van der Waals surface area (Å²) in [4.78, 5) is 24.4. The van der Waals surface area contributed by atoms with Gasteiger partial charge in [0.05, 0.1) is 25.4 Å². The highest BCUT2D eigenvalue weighted by Crippen LogP contribution is 2.15. The Balaban J connectivity index is 3.43. The van der Waals surface area contributed by atoms with Gasteiger partial charge >= 0.3 is 5.97 Å². The highest BCUT2D eigenvalue weighted by molar-refractivity contribution is 5.76. The van der Waals surface area contributed by atoms with E-state index in [0.717, 1.165) is 51.4 Å². The van der Waals surface area contributed by atoms with Gasteiger partial charge in [0.15, 0.2) is 0 Å². The molecule has 0 aliphatic carbocycles. The lowest BCUT2D eigenvalue weighted by atomic mass is 10.0. The van der Waals surface area contributed by atoms with Crippen LogP contribution in [0.15, 0.2) is 12.2 Å². The normalized spacial score (nSPS) is 12.8. The van der Waals surface area contributed by atoms with E-state index in [1.54, 1.807) is 0 Å². The zero-order chi connectivity index (χ0) is 38.7. The number of esters is 1. The topological polar surface area (TPSA) is 95.9 Å². The summed E-state index contributed by atoms with van der Waals surface area (Å²) in [5.41, 5.74) is 0. The molecule has 0 heterocycles. The summed E-state index contributed by atoms with van der Waals surface area (Å²) in [5, 5.41) is 23.0. The monoisotopic (exact) mass is 750 g/mol. The van der Waals surface area contributed by atoms with E-state index in [9.17, 15) is 19.8 Å². The fourth-order valence-electron chi connectivity index (χ4n) is 7.16. The van der Waals surface area contributed by atoms with Crippen LogP contribution in [0.4, 0.5) is 0 Å². The number of hydrogen-bond acceptors (Lipinski definition) is 5. The maximum Gasteiger partial charge on any atom is 0.305 e. The molecule has 0 aromatic carbocycles. The highest BCUT2D eigenvalue weighted by atomic mass is 16.5. The molecule has 6 nitrogen and oxygen atoms in total. The number of rotatable bonds is 43. The number of ether oxygens (including phenoxy) is 1. The van der Waals surface area contributed by atoms with Crippen LogP contribution in [-0.2, 0) is 14.3 Å². The van der Waals surface area contributed by atoms with Crippen molar-refractivity contribution in [1.82, 2.24) is 5.32 Å². The molecule has 6 heteroatoms. The Hall–Kier alpha value is -1.40. The molecule has 2 atom stereocenters. The Kier molecular flexibility index (Phi) is 42.2. The molecule has 0 aromatic rings. The third kappa shape index (κ3) is 40.1. The number of carbonyl (C=O) groups excluding carboxylic acids is 2. The van der Waals surface area contributed by atoms with E-state index in [1.165, 1.54) is 167 Å². The molecule has 0 radical (unpaired) electrons. The van der Waals surface area contributed by atoms with E-state index in [1.807, 2.05) is 0 Å². The Morgan fingerprint density at radius 1 is 0.509 bits per heavy atom. The fourth-order valence-corrected chi connectivity index (χ4v) is 7.16. The van der Waals surface area contributed by atoms with E-state index in [4.69, 9.17) is 4.74 Å². The number of carbonyl (C=O) groups is 2. The van der Waals surface area contributed by atoms with E-state index in [-0.39, 0.29) is 18.5 Å². The van der Waals surface area contributed by atoms with Gasteiger partial charge in [0, 0.05) is 12.8 Å². The number of nitrogens with one attached hydrogen (secondary N) is 1. The molecule has 314 valence electrons. The third-order valence-corrected chi connectivity index (χ3v) is 10.8. The summed E-state index contributed by atoms with van der Waals surface area (Å²) in [6, 6.07) is -0.548. The van der Waals surface area contributed by atoms with Crippen LogP contribution in [0, 0.1) is 0 Å². The van der Waals surface area contributed by atoms with Crippen molar-refractivity contribution in [3.8, 4) is 0 Å². The van der Waals surface area contributed by atoms with Crippen molar-refractivity contribution in [2.75, 3.05) is 13.2 Å². The first kappa shape index (κ1) is 51.6. The van der Waals surface area contributed by atoms with Gasteiger partial charge in [0.1, 0.15) is 0 Å². The van der Waals surface area contributed by atoms with Gasteiger partial charge in [-0.1, -0.05) is 199 Å². The lowest BCUT2D eigenvalue weighted by Crippen LogP contribution is -2.45. The average Bonchev–Trinajstić information content (AvgIpc) is 3.16. The largest absolute Gasteiger partial charge is 0.466 e. The second-order valence-corrected chi connectivity index (χ2v) is 16.1. The van der Waals surface area contributed by atoms with E-state index >= 15 is 0 Å². The highest BCUT2D eigenvalue weighted by Gasteiger charge is 2.20. The summed E-state index contributed by atoms with van der Waals surface area (Å²) in [6.45, 7) is 4.88. The van der Waals surface area contributed by atoms with Gasteiger partial charge in [-0.05, 0) is 51.4 Å². The van der Waals surface area contributed by atoms with Gasteiger partial charge in [0.25, 0.3) is 0 Å². The Morgan fingerprint density at radius 3 is 1.34 bits per heavy atom. The second kappa shape index (κ2) is 43.3. The molecule has 0 saturated heterocycles. The number of aliphatic hydroxyl groups excluding tert-OH is 2. The van der Waals surface area contributed by atoms with Crippen molar-refractivity contribution >= 4 is 11.9 Å². The summed E-state index contributed by atoms with van der Waals surface area (Å²) in [6.07, 6.45) is 47.4. The molecular weight excluding hydrogens is 659 g/mol. The molecule has 53 heavy (non-hydrogen) atoms. The Bertz CT molecular complexity index is 787. The standard InChI is InChI=1S/C47H91NO5/c1-3-5-7-9-11-13-14-15-18-21-25-29-33-37-41-47(52)53-42-38-34-30-26-22-19-16-17-20-24-28-32-36-40-46(51)48-44(43-49)45(50)39-35-31-27-23-12-10-8-6-4-2/h14-15,44-45,49-50H,3-13,16-43H2,1-2H3,(H,48,51)/b15-14-. The van der Waals surface area contributed by atoms with Crippen LogP contribution in [0.25, 0.3) is 0 Å². The van der Waals surface area contributed by atoms with Gasteiger partial charge in [-0.3, -0.25) is 9.59 Å². The minimum Gasteiger partial charge on any atom is -0.466 e. The van der Waals surface area contributed by atoms with Crippen molar-refractivity contribution in [1.29, 1.82) is 0 Å². The lowest BCUT2D eigenvalue weighted by molar-refractivity contribution is -0.143. The van der Waals surface area contributed by atoms with Gasteiger partial charge in [-0.15, -0.1) is 0 Å². The summed E-state index contributed by atoms with van der Waals surface area (Å²) < 4.78 is 5.45. The van der Waals surface area contributed by atoms with E-state index < -0.39 is 12.1 Å². The van der Waals surface area contributed by atoms with Gasteiger partial charge in [-0.25, -0.2) is 0 Å². The van der Waals surface area contributed by atoms with Crippen molar-refractivity contribution in [2.45, 2.75) is 264 Å². The molecule has 0 rings (SSSR count). The maximum absolute atomic E-state index is 12.4. The van der Waals surface area contributed by atoms with Crippen LogP contribution in [0.5, 0.6) is 0 Å². The summed E-state index contributed by atoms with van der Waals surface area (Å²) in [5.74, 6) is -0.0654. The molecular formula is C47H91NO5. The third-order valence-electron chi connectivity index (χ3n) is 10.8. The van der Waals surface area contributed by atoms with E-state index in [0.29, 0.717) is 25.9 Å². The summed E-state index contributed by atoms with van der Waals surface area (Å²) in [7, 11) is 0. The van der Waals surface area contributed by atoms with E-state index in [2.05, 4.69) is 31.3 Å². The van der Waals surface area contributed by atoms with Gasteiger partial charge < -0.3 is 20.3 Å². The van der Waals surface area contributed by atoms with Crippen molar-refractivity contribution in [3.63, 3.8) is 0 Å². The van der Waals surface area contributed by atoms with Gasteiger partial charge in [-0.2, -0.15) is 0 Å². The fraction of sp³-hybridized carbons (Fsp3) is 0.915. The van der Waals surface area contributed by atoms with Gasteiger partial charge in [0.2, 0.25) is 5.91 Å². The van der Waals surface area contributed by atoms with Crippen LogP contribution in [0.3, 0.4) is 0 Å². The molecule has 2 unspecified atom stereocenters. The van der Waals surface area contributed by atoms with Crippen LogP contribution >= 0.6 is 0 Å². The Labute approximate surface area is 329 Å². The molecule has 0 aliphatic rings. The van der Waals surface area contributed by atoms with Crippen molar-refractivity contribution in [2.24, 2.45) is 0 Å². The number of amides is 1. The predicted octanol–water partition coefficient (Wildman–Crippen LogP) is 13.4.